The van der Waals surface area contributed by atoms with Gasteiger partial charge in [0.05, 0.1) is 0 Å². The molecule has 1 unspecified atom stereocenters. The zero-order valence-corrected chi connectivity index (χ0v) is 11.2. The Labute approximate surface area is 108 Å². The number of rotatable bonds is 2. The molecule has 0 aliphatic carbocycles. The minimum atomic E-state index is -0.426. The summed E-state index contributed by atoms with van der Waals surface area (Å²) in [6.07, 6.45) is 0. The zero-order chi connectivity index (χ0) is 13.3. The molecule has 0 fully saturated rings. The van der Waals surface area contributed by atoms with Gasteiger partial charge in [-0.3, -0.25) is 10.1 Å². The molecule has 2 rings (SSSR count). The first-order valence-corrected chi connectivity index (χ1v) is 6.19. The Hall–Kier alpha value is -1.84. The van der Waals surface area contributed by atoms with E-state index in [1.54, 1.807) is 0 Å². The van der Waals surface area contributed by atoms with Crippen LogP contribution >= 0.6 is 0 Å². The fourth-order valence-corrected chi connectivity index (χ4v) is 2.15. The highest BCUT2D eigenvalue weighted by Crippen LogP contribution is 2.23. The second-order valence-corrected chi connectivity index (χ2v) is 5.09. The Morgan fingerprint density at radius 2 is 1.83 bits per heavy atom. The van der Waals surface area contributed by atoms with Crippen LogP contribution in [0.5, 0.6) is 0 Å². The van der Waals surface area contributed by atoms with Crippen LogP contribution in [0.4, 0.5) is 0 Å². The smallest absolute Gasteiger partial charge is 0.256 e. The van der Waals surface area contributed by atoms with E-state index in [-0.39, 0.29) is 11.9 Å². The van der Waals surface area contributed by atoms with Crippen LogP contribution in [0.25, 0.3) is 0 Å². The maximum atomic E-state index is 11.9. The van der Waals surface area contributed by atoms with Crippen molar-refractivity contribution in [3.8, 4) is 0 Å². The van der Waals surface area contributed by atoms with E-state index in [1.165, 1.54) is 0 Å². The van der Waals surface area contributed by atoms with Crippen LogP contribution in [-0.2, 0) is 4.79 Å². The number of nitrogens with zero attached hydrogens (tertiary/aromatic N) is 1. The van der Waals surface area contributed by atoms with Gasteiger partial charge in [-0.05, 0) is 33.3 Å². The summed E-state index contributed by atoms with van der Waals surface area (Å²) in [4.78, 5) is 16.3. The number of aliphatic imine (C=N–C) groups is 1. The minimum Gasteiger partial charge on any atom is -0.354 e. The molecule has 96 valence electrons. The first kappa shape index (κ1) is 12.6. The molecule has 1 aliphatic rings. The average molecular weight is 245 g/mol. The summed E-state index contributed by atoms with van der Waals surface area (Å²) in [6.45, 7) is 8.08. The van der Waals surface area contributed by atoms with Crippen molar-refractivity contribution >= 4 is 11.9 Å². The molecule has 0 radical (unpaired) electrons. The molecule has 1 aromatic rings. The highest BCUT2D eigenvalue weighted by molar-refractivity contribution is 6.05. The second kappa shape index (κ2) is 4.80. The Kier molecular flexibility index (Phi) is 3.36. The van der Waals surface area contributed by atoms with E-state index in [1.807, 2.05) is 39.8 Å². The van der Waals surface area contributed by atoms with Gasteiger partial charge in [0.25, 0.3) is 5.91 Å². The van der Waals surface area contributed by atoms with E-state index >= 15 is 0 Å². The van der Waals surface area contributed by atoms with Crippen molar-refractivity contribution in [2.45, 2.75) is 39.8 Å². The van der Waals surface area contributed by atoms with E-state index in [0.29, 0.717) is 5.96 Å². The summed E-state index contributed by atoms with van der Waals surface area (Å²) >= 11 is 0. The number of nitrogens with one attached hydrogen (secondary N) is 2. The Bertz CT molecular complexity index is 486. The quantitative estimate of drug-likeness (QED) is 0.835. The van der Waals surface area contributed by atoms with Crippen LogP contribution in [0.2, 0.25) is 0 Å². The molecule has 0 aromatic heterocycles. The molecule has 1 aliphatic heterocycles. The zero-order valence-electron chi connectivity index (χ0n) is 11.2. The third-order valence-corrected chi connectivity index (χ3v) is 2.73. The molecule has 2 N–H and O–H groups in total. The topological polar surface area (TPSA) is 53.5 Å². The lowest BCUT2D eigenvalue weighted by atomic mass is 10.0. The molecule has 1 aromatic carbocycles. The molecule has 0 spiro atoms. The van der Waals surface area contributed by atoms with Gasteiger partial charge in [0.1, 0.15) is 0 Å². The van der Waals surface area contributed by atoms with E-state index < -0.39 is 6.04 Å². The Morgan fingerprint density at radius 3 is 2.39 bits per heavy atom. The van der Waals surface area contributed by atoms with Crippen molar-refractivity contribution in [1.29, 1.82) is 0 Å². The molecule has 1 atom stereocenters. The number of carbonyl (C=O) groups excluding carboxylic acids is 1. The third-order valence-electron chi connectivity index (χ3n) is 2.73. The largest absolute Gasteiger partial charge is 0.354 e. The highest BCUT2D eigenvalue weighted by Gasteiger charge is 2.28. The van der Waals surface area contributed by atoms with E-state index in [9.17, 15) is 4.79 Å². The van der Waals surface area contributed by atoms with Crippen LogP contribution in [-0.4, -0.2) is 17.9 Å². The molecule has 4 nitrogen and oxygen atoms in total. The van der Waals surface area contributed by atoms with E-state index in [0.717, 1.165) is 16.7 Å². The molecule has 0 bridgehead atoms. The summed E-state index contributed by atoms with van der Waals surface area (Å²) in [7, 11) is 0. The molecule has 18 heavy (non-hydrogen) atoms. The van der Waals surface area contributed by atoms with Gasteiger partial charge in [-0.2, -0.15) is 0 Å². The van der Waals surface area contributed by atoms with E-state index in [2.05, 4.69) is 21.7 Å². The number of hydrogen-bond donors (Lipinski definition) is 2. The first-order valence-electron chi connectivity index (χ1n) is 6.19. The fraction of sp³-hybridized carbons (Fsp3) is 0.429. The Balaban J connectivity index is 2.27. The van der Waals surface area contributed by atoms with Crippen molar-refractivity contribution in [2.24, 2.45) is 4.99 Å². The number of benzene rings is 1. The van der Waals surface area contributed by atoms with Crippen molar-refractivity contribution in [3.05, 3.63) is 34.9 Å². The number of aryl methyl sites for hydroxylation is 2. The lowest BCUT2D eigenvalue weighted by Gasteiger charge is -2.07. The predicted molar refractivity (Wildman–Crippen MR) is 72.5 cm³/mol. The lowest BCUT2D eigenvalue weighted by Crippen LogP contribution is -2.40. The van der Waals surface area contributed by atoms with Gasteiger partial charge in [0.15, 0.2) is 12.0 Å². The van der Waals surface area contributed by atoms with Crippen molar-refractivity contribution in [1.82, 2.24) is 10.6 Å². The molecule has 0 saturated heterocycles. The van der Waals surface area contributed by atoms with Gasteiger partial charge in [0.2, 0.25) is 0 Å². The summed E-state index contributed by atoms with van der Waals surface area (Å²) in [5.74, 6) is 0.502. The standard InChI is InChI=1S/C14H19N3O/c1-8(2)15-14-16-12(13(18)17-14)11-6-9(3)5-10(4)7-11/h5-8,12H,1-4H3,(H2,15,16,17,18). The van der Waals surface area contributed by atoms with Crippen LogP contribution in [0, 0.1) is 13.8 Å². The van der Waals surface area contributed by atoms with Gasteiger partial charge in [-0.25, -0.2) is 4.99 Å². The van der Waals surface area contributed by atoms with Gasteiger partial charge in [0, 0.05) is 6.04 Å². The fourth-order valence-electron chi connectivity index (χ4n) is 2.15. The molecular formula is C14H19N3O. The maximum absolute atomic E-state index is 11.9. The second-order valence-electron chi connectivity index (χ2n) is 5.09. The molecule has 1 amide bonds. The van der Waals surface area contributed by atoms with Crippen LogP contribution in [0.1, 0.15) is 36.6 Å². The number of amides is 1. The summed E-state index contributed by atoms with van der Waals surface area (Å²) in [5.41, 5.74) is 3.25. The molecular weight excluding hydrogens is 226 g/mol. The molecule has 0 saturated carbocycles. The van der Waals surface area contributed by atoms with Crippen molar-refractivity contribution in [2.75, 3.05) is 0 Å². The van der Waals surface area contributed by atoms with Crippen molar-refractivity contribution < 1.29 is 4.79 Å². The number of hydrogen-bond acceptors (Lipinski definition) is 3. The van der Waals surface area contributed by atoms with E-state index in [4.69, 9.17) is 0 Å². The SMILES string of the molecule is Cc1cc(C)cc(C2N=C(NC(C)C)NC2=O)c1. The summed E-state index contributed by atoms with van der Waals surface area (Å²) in [6, 6.07) is 5.94. The average Bonchev–Trinajstić information content (AvgIpc) is 2.56. The van der Waals surface area contributed by atoms with Crippen LogP contribution < -0.4 is 10.6 Å². The van der Waals surface area contributed by atoms with Crippen LogP contribution in [0.15, 0.2) is 23.2 Å². The van der Waals surface area contributed by atoms with Crippen LogP contribution in [0.3, 0.4) is 0 Å². The monoisotopic (exact) mass is 245 g/mol. The van der Waals surface area contributed by atoms with Gasteiger partial charge < -0.3 is 5.32 Å². The maximum Gasteiger partial charge on any atom is 0.256 e. The van der Waals surface area contributed by atoms with Gasteiger partial charge in [-0.1, -0.05) is 29.3 Å². The highest BCUT2D eigenvalue weighted by atomic mass is 16.2. The number of guanidine groups is 1. The van der Waals surface area contributed by atoms with Gasteiger partial charge in [-0.15, -0.1) is 0 Å². The minimum absolute atomic E-state index is 0.0665. The normalized spacial score (nSPS) is 18.8. The third kappa shape index (κ3) is 2.70. The summed E-state index contributed by atoms with van der Waals surface area (Å²) < 4.78 is 0. The number of carbonyl (C=O) groups is 1. The van der Waals surface area contributed by atoms with Gasteiger partial charge >= 0.3 is 0 Å². The first-order chi connectivity index (χ1) is 8.45. The summed E-state index contributed by atoms with van der Waals surface area (Å²) in [5, 5.41) is 5.89. The molecule has 4 heteroatoms. The lowest BCUT2D eigenvalue weighted by molar-refractivity contribution is -0.120. The Morgan fingerprint density at radius 1 is 1.22 bits per heavy atom. The van der Waals surface area contributed by atoms with Crippen molar-refractivity contribution in [3.63, 3.8) is 0 Å². The molecule has 1 heterocycles. The predicted octanol–water partition coefficient (Wildman–Crippen LogP) is 1.83.